The summed E-state index contributed by atoms with van der Waals surface area (Å²) in [6.07, 6.45) is 12.8. The zero-order valence-corrected chi connectivity index (χ0v) is 16.7. The van der Waals surface area contributed by atoms with Gasteiger partial charge in [0.1, 0.15) is 11.9 Å². The summed E-state index contributed by atoms with van der Waals surface area (Å²) in [5.41, 5.74) is 1.09. The molecule has 0 unspecified atom stereocenters. The lowest BCUT2D eigenvalue weighted by atomic mass is 9.95. The van der Waals surface area contributed by atoms with Crippen LogP contribution in [0.25, 0.3) is 0 Å². The van der Waals surface area contributed by atoms with E-state index in [2.05, 4.69) is 13.8 Å². The summed E-state index contributed by atoms with van der Waals surface area (Å²) in [5, 5.41) is 0. The Balaban J connectivity index is 1.71. The van der Waals surface area contributed by atoms with Gasteiger partial charge in [-0.05, 0) is 30.5 Å². The van der Waals surface area contributed by atoms with Gasteiger partial charge in [-0.3, -0.25) is 4.79 Å². The fourth-order valence-electron chi connectivity index (χ4n) is 3.57. The molecule has 26 heavy (non-hydrogen) atoms. The molecule has 3 heteroatoms. The molecule has 0 amide bonds. The van der Waals surface area contributed by atoms with E-state index in [9.17, 15) is 4.79 Å². The van der Waals surface area contributed by atoms with E-state index in [0.29, 0.717) is 0 Å². The minimum Gasteiger partial charge on any atom is -0.494 e. The standard InChI is InChI=1S/C23H36O3/c1-3-5-7-9-11-17-25-21-15-13-19(14-16-21)22-18-20(23(24)26-22)12-10-8-6-4-2/h13-16,20,22H,3-12,17-18H2,1-2H3/t20-,22+/m0/s1. The summed E-state index contributed by atoms with van der Waals surface area (Å²) in [5.74, 6) is 0.972. The van der Waals surface area contributed by atoms with Crippen molar-refractivity contribution in [2.45, 2.75) is 90.6 Å². The van der Waals surface area contributed by atoms with Crippen LogP contribution < -0.4 is 4.74 Å². The summed E-state index contributed by atoms with van der Waals surface area (Å²) in [7, 11) is 0. The van der Waals surface area contributed by atoms with Gasteiger partial charge in [-0.15, -0.1) is 0 Å². The summed E-state index contributed by atoms with van der Waals surface area (Å²) in [6, 6.07) is 8.10. The van der Waals surface area contributed by atoms with Crippen molar-refractivity contribution in [3.63, 3.8) is 0 Å². The normalized spacial score (nSPS) is 19.5. The number of hydrogen-bond acceptors (Lipinski definition) is 3. The Morgan fingerprint density at radius 2 is 1.58 bits per heavy atom. The molecule has 1 aromatic rings. The van der Waals surface area contributed by atoms with Crippen molar-refractivity contribution in [3.8, 4) is 5.75 Å². The molecule has 0 N–H and O–H groups in total. The van der Waals surface area contributed by atoms with Crippen LogP contribution in [0.1, 0.15) is 96.1 Å². The van der Waals surface area contributed by atoms with Gasteiger partial charge in [-0.1, -0.05) is 77.3 Å². The molecule has 1 aliphatic rings. The van der Waals surface area contributed by atoms with Crippen LogP contribution in [-0.2, 0) is 9.53 Å². The van der Waals surface area contributed by atoms with Crippen LogP contribution in [0.5, 0.6) is 5.75 Å². The lowest BCUT2D eigenvalue weighted by Gasteiger charge is -2.11. The van der Waals surface area contributed by atoms with Gasteiger partial charge in [0.15, 0.2) is 0 Å². The van der Waals surface area contributed by atoms with Crippen LogP contribution >= 0.6 is 0 Å². The summed E-state index contributed by atoms with van der Waals surface area (Å²) < 4.78 is 11.4. The van der Waals surface area contributed by atoms with E-state index in [1.165, 1.54) is 44.9 Å². The molecule has 2 rings (SSSR count). The highest BCUT2D eigenvalue weighted by Crippen LogP contribution is 2.36. The van der Waals surface area contributed by atoms with Crippen LogP contribution in [0.4, 0.5) is 0 Å². The number of ether oxygens (including phenoxy) is 2. The maximum Gasteiger partial charge on any atom is 0.309 e. The molecule has 1 saturated heterocycles. The van der Waals surface area contributed by atoms with E-state index in [1.807, 2.05) is 24.3 Å². The van der Waals surface area contributed by atoms with E-state index in [-0.39, 0.29) is 18.0 Å². The van der Waals surface area contributed by atoms with Crippen molar-refractivity contribution in [2.24, 2.45) is 5.92 Å². The van der Waals surface area contributed by atoms with Crippen molar-refractivity contribution in [1.82, 2.24) is 0 Å². The lowest BCUT2D eigenvalue weighted by Crippen LogP contribution is -2.06. The molecule has 0 spiro atoms. The molecule has 1 heterocycles. The molecule has 1 fully saturated rings. The molecule has 2 atom stereocenters. The van der Waals surface area contributed by atoms with Crippen molar-refractivity contribution in [2.75, 3.05) is 6.61 Å². The number of esters is 1. The predicted molar refractivity (Wildman–Crippen MR) is 106 cm³/mol. The van der Waals surface area contributed by atoms with Gasteiger partial charge in [0.2, 0.25) is 0 Å². The molecular weight excluding hydrogens is 324 g/mol. The van der Waals surface area contributed by atoms with E-state index in [4.69, 9.17) is 9.47 Å². The van der Waals surface area contributed by atoms with Gasteiger partial charge in [-0.2, -0.15) is 0 Å². The van der Waals surface area contributed by atoms with Crippen LogP contribution in [0.3, 0.4) is 0 Å². The smallest absolute Gasteiger partial charge is 0.309 e. The molecule has 0 aromatic heterocycles. The minimum absolute atomic E-state index is 0.0149. The lowest BCUT2D eigenvalue weighted by molar-refractivity contribution is -0.144. The van der Waals surface area contributed by atoms with Crippen LogP contribution in [-0.4, -0.2) is 12.6 Å². The van der Waals surface area contributed by atoms with Gasteiger partial charge in [-0.25, -0.2) is 0 Å². The molecule has 146 valence electrons. The molecule has 3 nitrogen and oxygen atoms in total. The number of benzene rings is 1. The first-order valence-corrected chi connectivity index (χ1v) is 10.7. The summed E-state index contributed by atoms with van der Waals surface area (Å²) >= 11 is 0. The second-order valence-corrected chi connectivity index (χ2v) is 7.54. The Morgan fingerprint density at radius 1 is 0.923 bits per heavy atom. The van der Waals surface area contributed by atoms with Crippen LogP contribution in [0.15, 0.2) is 24.3 Å². The quantitative estimate of drug-likeness (QED) is 0.293. The molecular formula is C23H36O3. The predicted octanol–water partition coefficient (Wildman–Crippen LogP) is 6.61. The first-order chi connectivity index (χ1) is 12.7. The molecule has 0 aliphatic carbocycles. The average molecular weight is 361 g/mol. The van der Waals surface area contributed by atoms with Crippen molar-refractivity contribution >= 4 is 5.97 Å². The zero-order chi connectivity index (χ0) is 18.6. The Morgan fingerprint density at radius 3 is 2.27 bits per heavy atom. The van der Waals surface area contributed by atoms with Gasteiger partial charge < -0.3 is 9.47 Å². The Bertz CT molecular complexity index is 509. The third-order valence-corrected chi connectivity index (χ3v) is 5.26. The highest BCUT2D eigenvalue weighted by molar-refractivity contribution is 5.74. The van der Waals surface area contributed by atoms with Gasteiger partial charge in [0.05, 0.1) is 12.5 Å². The summed E-state index contributed by atoms with van der Waals surface area (Å²) in [4.78, 5) is 12.1. The molecule has 1 aromatic carbocycles. The molecule has 1 aliphatic heterocycles. The van der Waals surface area contributed by atoms with E-state index in [0.717, 1.165) is 43.6 Å². The third-order valence-electron chi connectivity index (χ3n) is 5.26. The maximum atomic E-state index is 12.1. The fourth-order valence-corrected chi connectivity index (χ4v) is 3.57. The average Bonchev–Trinajstić information content (AvgIpc) is 3.03. The maximum absolute atomic E-state index is 12.1. The second kappa shape index (κ2) is 12.0. The van der Waals surface area contributed by atoms with E-state index in [1.54, 1.807) is 0 Å². The summed E-state index contributed by atoms with van der Waals surface area (Å²) in [6.45, 7) is 5.22. The molecule has 0 saturated carbocycles. The first kappa shape index (κ1) is 20.8. The van der Waals surface area contributed by atoms with E-state index >= 15 is 0 Å². The zero-order valence-electron chi connectivity index (χ0n) is 16.7. The first-order valence-electron chi connectivity index (χ1n) is 10.7. The topological polar surface area (TPSA) is 35.5 Å². The van der Waals surface area contributed by atoms with Crippen molar-refractivity contribution in [1.29, 1.82) is 0 Å². The largest absolute Gasteiger partial charge is 0.494 e. The third kappa shape index (κ3) is 7.01. The highest BCUT2D eigenvalue weighted by atomic mass is 16.6. The number of hydrogen-bond donors (Lipinski definition) is 0. The Labute approximate surface area is 159 Å². The molecule has 0 radical (unpaired) electrons. The second-order valence-electron chi connectivity index (χ2n) is 7.54. The SMILES string of the molecule is CCCCCCCOc1ccc([C@H]2C[C@H](CCCCCC)C(=O)O2)cc1. The van der Waals surface area contributed by atoms with Crippen LogP contribution in [0.2, 0.25) is 0 Å². The van der Waals surface area contributed by atoms with Crippen molar-refractivity contribution < 1.29 is 14.3 Å². The fraction of sp³-hybridized carbons (Fsp3) is 0.696. The van der Waals surface area contributed by atoms with E-state index < -0.39 is 0 Å². The van der Waals surface area contributed by atoms with Crippen LogP contribution in [0, 0.1) is 5.92 Å². The number of cyclic esters (lactones) is 1. The highest BCUT2D eigenvalue weighted by Gasteiger charge is 2.34. The van der Waals surface area contributed by atoms with Gasteiger partial charge >= 0.3 is 5.97 Å². The van der Waals surface area contributed by atoms with Gasteiger partial charge in [0.25, 0.3) is 0 Å². The number of rotatable bonds is 13. The van der Waals surface area contributed by atoms with Gasteiger partial charge in [0, 0.05) is 6.42 Å². The monoisotopic (exact) mass is 360 g/mol. The Hall–Kier alpha value is -1.51. The molecule has 0 bridgehead atoms. The number of carbonyl (C=O) groups excluding carboxylic acids is 1. The number of carbonyl (C=O) groups is 1. The van der Waals surface area contributed by atoms with Crippen molar-refractivity contribution in [3.05, 3.63) is 29.8 Å². The Kier molecular flexibility index (Phi) is 9.58. The number of unbranched alkanes of at least 4 members (excludes halogenated alkanes) is 7. The minimum atomic E-state index is -0.0817.